The molecule has 226 valence electrons. The summed E-state index contributed by atoms with van der Waals surface area (Å²) in [6.45, 7) is 14.4. The molecule has 0 aliphatic carbocycles. The highest BCUT2D eigenvalue weighted by atomic mass is 16.6. The monoisotopic (exact) mass is 586 g/mol. The van der Waals surface area contributed by atoms with E-state index < -0.39 is 4.92 Å². The number of hydrogen-bond acceptors (Lipinski definition) is 8. The normalized spacial score (nSPS) is 12.2. The van der Waals surface area contributed by atoms with Gasteiger partial charge in [0.2, 0.25) is 5.75 Å². The standard InChI is InChI=1S/C33H38N4O6/c1-8-22(7)43-31-28(37(39)40)16-23(17-30(31)42-10-3)19-34-36-32(35-27-14-12-11-13-24(27)33(36)38)26-18-25(20(4)5)29(41-9-2)15-21(26)6/h11-20,22H,8-10H2,1-7H3/t22-/m0/s1. The Morgan fingerprint density at radius 3 is 2.37 bits per heavy atom. The highest BCUT2D eigenvalue weighted by Gasteiger charge is 2.24. The van der Waals surface area contributed by atoms with Crippen LogP contribution in [-0.4, -0.2) is 40.1 Å². The Labute approximate surface area is 251 Å². The van der Waals surface area contributed by atoms with E-state index in [1.807, 2.05) is 45.9 Å². The molecule has 43 heavy (non-hydrogen) atoms. The van der Waals surface area contributed by atoms with Crippen LogP contribution in [0.5, 0.6) is 17.2 Å². The summed E-state index contributed by atoms with van der Waals surface area (Å²) in [6.07, 6.45) is 1.81. The molecule has 0 aliphatic heterocycles. The fraction of sp³-hybridized carbons (Fsp3) is 0.364. The molecule has 3 aromatic carbocycles. The van der Waals surface area contributed by atoms with Crippen LogP contribution in [0.25, 0.3) is 22.3 Å². The minimum atomic E-state index is -0.510. The number of aromatic nitrogens is 2. The molecule has 0 fully saturated rings. The molecule has 4 aromatic rings. The molecule has 1 atom stereocenters. The lowest BCUT2D eigenvalue weighted by Gasteiger charge is -2.18. The fourth-order valence-electron chi connectivity index (χ4n) is 4.68. The number of nitro benzene ring substituents is 1. The van der Waals surface area contributed by atoms with Crippen LogP contribution < -0.4 is 19.8 Å². The Hall–Kier alpha value is -4.73. The van der Waals surface area contributed by atoms with Gasteiger partial charge in [0, 0.05) is 17.2 Å². The number of para-hydroxylation sites is 1. The maximum atomic E-state index is 13.8. The predicted octanol–water partition coefficient (Wildman–Crippen LogP) is 7.26. The molecular weight excluding hydrogens is 548 g/mol. The summed E-state index contributed by atoms with van der Waals surface area (Å²) in [7, 11) is 0. The maximum Gasteiger partial charge on any atom is 0.315 e. The van der Waals surface area contributed by atoms with E-state index in [1.165, 1.54) is 17.0 Å². The minimum Gasteiger partial charge on any atom is -0.494 e. The SMILES string of the molecule is CCOc1cc(C)c(-c2nc3ccccc3c(=O)n2N=Cc2cc(OCC)c(O[C@@H](C)CC)c([N+](=O)[O-])c2)cc1C(C)C. The summed E-state index contributed by atoms with van der Waals surface area (Å²) < 4.78 is 18.8. The zero-order valence-electron chi connectivity index (χ0n) is 25.7. The van der Waals surface area contributed by atoms with Crippen molar-refractivity contribution in [2.45, 2.75) is 66.9 Å². The molecular formula is C33H38N4O6. The van der Waals surface area contributed by atoms with Crippen molar-refractivity contribution in [3.05, 3.63) is 85.7 Å². The molecule has 10 heteroatoms. The van der Waals surface area contributed by atoms with Gasteiger partial charge in [-0.25, -0.2) is 4.98 Å². The van der Waals surface area contributed by atoms with Crippen molar-refractivity contribution >= 4 is 22.8 Å². The van der Waals surface area contributed by atoms with Crippen molar-refractivity contribution in [1.29, 1.82) is 0 Å². The summed E-state index contributed by atoms with van der Waals surface area (Å²) in [4.78, 5) is 30.2. The number of aryl methyl sites for hydroxylation is 1. The van der Waals surface area contributed by atoms with Gasteiger partial charge in [-0.15, -0.1) is 0 Å². The van der Waals surface area contributed by atoms with Gasteiger partial charge in [-0.05, 0) is 81.5 Å². The van der Waals surface area contributed by atoms with Crippen LogP contribution in [0.1, 0.15) is 70.6 Å². The predicted molar refractivity (Wildman–Crippen MR) is 169 cm³/mol. The van der Waals surface area contributed by atoms with Gasteiger partial charge in [-0.3, -0.25) is 14.9 Å². The molecule has 1 aromatic heterocycles. The van der Waals surface area contributed by atoms with Gasteiger partial charge in [0.1, 0.15) is 5.75 Å². The summed E-state index contributed by atoms with van der Waals surface area (Å²) in [6, 6.07) is 14.0. The van der Waals surface area contributed by atoms with Gasteiger partial charge in [0.25, 0.3) is 5.56 Å². The van der Waals surface area contributed by atoms with E-state index in [0.717, 1.165) is 22.4 Å². The molecule has 10 nitrogen and oxygen atoms in total. The lowest BCUT2D eigenvalue weighted by molar-refractivity contribution is -0.386. The Kier molecular flexibility index (Phi) is 9.80. The second-order valence-electron chi connectivity index (χ2n) is 10.5. The molecule has 0 spiro atoms. The topological polar surface area (TPSA) is 118 Å². The van der Waals surface area contributed by atoms with Crippen LogP contribution in [-0.2, 0) is 0 Å². The molecule has 0 saturated carbocycles. The average molecular weight is 587 g/mol. The molecule has 0 N–H and O–H groups in total. The Bertz CT molecular complexity index is 1730. The van der Waals surface area contributed by atoms with E-state index in [9.17, 15) is 14.9 Å². The van der Waals surface area contributed by atoms with Crippen molar-refractivity contribution in [2.75, 3.05) is 13.2 Å². The van der Waals surface area contributed by atoms with Gasteiger partial charge in [-0.2, -0.15) is 9.78 Å². The Morgan fingerprint density at radius 1 is 1.02 bits per heavy atom. The highest BCUT2D eigenvalue weighted by molar-refractivity contribution is 5.84. The minimum absolute atomic E-state index is 0.0646. The third kappa shape index (κ3) is 6.69. The molecule has 0 amide bonds. The number of nitro groups is 1. The molecule has 1 heterocycles. The number of fused-ring (bicyclic) bond motifs is 1. The molecule has 0 bridgehead atoms. The van der Waals surface area contributed by atoms with Crippen LogP contribution >= 0.6 is 0 Å². The van der Waals surface area contributed by atoms with Crippen LogP contribution in [0, 0.1) is 17.0 Å². The first-order chi connectivity index (χ1) is 20.6. The van der Waals surface area contributed by atoms with E-state index in [2.05, 4.69) is 18.9 Å². The average Bonchev–Trinajstić information content (AvgIpc) is 2.97. The van der Waals surface area contributed by atoms with Crippen LogP contribution in [0.4, 0.5) is 5.69 Å². The molecule has 0 saturated heterocycles. The number of rotatable bonds is 12. The quantitative estimate of drug-likeness (QED) is 0.0974. The molecule has 0 radical (unpaired) electrons. The first kappa shape index (κ1) is 31.2. The van der Waals surface area contributed by atoms with Crippen molar-refractivity contribution in [2.24, 2.45) is 5.10 Å². The molecule has 0 aliphatic rings. The zero-order valence-corrected chi connectivity index (χ0v) is 25.7. The van der Waals surface area contributed by atoms with Gasteiger partial charge in [-0.1, -0.05) is 32.9 Å². The zero-order chi connectivity index (χ0) is 31.3. The number of benzene rings is 3. The molecule has 0 unspecified atom stereocenters. The maximum absolute atomic E-state index is 13.8. The fourth-order valence-corrected chi connectivity index (χ4v) is 4.68. The van der Waals surface area contributed by atoms with Crippen LogP contribution in [0.3, 0.4) is 0 Å². The largest absolute Gasteiger partial charge is 0.494 e. The Balaban J connectivity index is 1.95. The van der Waals surface area contributed by atoms with Gasteiger partial charge in [0.05, 0.1) is 41.4 Å². The second kappa shape index (κ2) is 13.5. The van der Waals surface area contributed by atoms with Gasteiger partial charge >= 0.3 is 5.69 Å². The van der Waals surface area contributed by atoms with Crippen molar-refractivity contribution in [3.63, 3.8) is 0 Å². The smallest absolute Gasteiger partial charge is 0.315 e. The summed E-state index contributed by atoms with van der Waals surface area (Å²) in [5.74, 6) is 1.58. The van der Waals surface area contributed by atoms with Crippen molar-refractivity contribution in [1.82, 2.24) is 9.66 Å². The third-order valence-electron chi connectivity index (χ3n) is 7.04. The summed E-state index contributed by atoms with van der Waals surface area (Å²) in [5.41, 5.74) is 2.85. The van der Waals surface area contributed by atoms with E-state index in [-0.39, 0.29) is 41.4 Å². The first-order valence-corrected chi connectivity index (χ1v) is 14.5. The van der Waals surface area contributed by atoms with Crippen LogP contribution in [0.15, 0.2) is 58.4 Å². The highest BCUT2D eigenvalue weighted by Crippen LogP contribution is 2.39. The summed E-state index contributed by atoms with van der Waals surface area (Å²) in [5, 5.41) is 17.0. The third-order valence-corrected chi connectivity index (χ3v) is 7.04. The molecule has 4 rings (SSSR count). The number of ether oxygens (including phenoxy) is 3. The van der Waals surface area contributed by atoms with E-state index >= 15 is 0 Å². The van der Waals surface area contributed by atoms with E-state index in [4.69, 9.17) is 19.2 Å². The van der Waals surface area contributed by atoms with Crippen LogP contribution in [0.2, 0.25) is 0 Å². The van der Waals surface area contributed by atoms with Crippen molar-refractivity contribution < 1.29 is 19.1 Å². The van der Waals surface area contributed by atoms with E-state index in [1.54, 1.807) is 31.2 Å². The number of nitrogens with zero attached hydrogens (tertiary/aromatic N) is 4. The lowest BCUT2D eigenvalue weighted by Crippen LogP contribution is -2.21. The van der Waals surface area contributed by atoms with Gasteiger partial charge < -0.3 is 14.2 Å². The van der Waals surface area contributed by atoms with E-state index in [0.29, 0.717) is 35.3 Å². The summed E-state index contributed by atoms with van der Waals surface area (Å²) >= 11 is 0. The lowest BCUT2D eigenvalue weighted by atomic mass is 9.96. The van der Waals surface area contributed by atoms with Gasteiger partial charge in [0.15, 0.2) is 11.6 Å². The number of hydrogen-bond donors (Lipinski definition) is 0. The first-order valence-electron chi connectivity index (χ1n) is 14.5. The Morgan fingerprint density at radius 2 is 1.72 bits per heavy atom. The second-order valence-corrected chi connectivity index (χ2v) is 10.5. The van der Waals surface area contributed by atoms with Crippen molar-refractivity contribution in [3.8, 4) is 28.6 Å².